The van der Waals surface area contributed by atoms with Gasteiger partial charge in [-0.15, -0.1) is 0 Å². The van der Waals surface area contributed by atoms with E-state index in [2.05, 4.69) is 5.32 Å². The molecule has 2 aromatic carbocycles. The Morgan fingerprint density at radius 3 is 2.76 bits per heavy atom. The number of aliphatic carboxylic acids is 1. The van der Waals surface area contributed by atoms with Crippen molar-refractivity contribution in [2.24, 2.45) is 0 Å². The lowest BCUT2D eigenvalue weighted by molar-refractivity contribution is -0.141. The minimum atomic E-state index is -1.20. The molecule has 5 nitrogen and oxygen atoms in total. The molecular formula is C19H19FN2O3. The predicted molar refractivity (Wildman–Crippen MR) is 92.0 cm³/mol. The predicted octanol–water partition coefficient (Wildman–Crippen LogP) is 2.44. The van der Waals surface area contributed by atoms with Crippen LogP contribution in [0, 0.1) is 12.7 Å². The van der Waals surface area contributed by atoms with Crippen LogP contribution < -0.4 is 10.2 Å². The zero-order valence-electron chi connectivity index (χ0n) is 13.8. The molecule has 0 fully saturated rings. The first-order valence-corrected chi connectivity index (χ1v) is 8.07. The fourth-order valence-corrected chi connectivity index (χ4v) is 3.09. The third-order valence-corrected chi connectivity index (χ3v) is 4.39. The number of carboxylic acid groups (broad SMARTS) is 1. The summed E-state index contributed by atoms with van der Waals surface area (Å²) in [6.07, 6.45) is 0.864. The van der Waals surface area contributed by atoms with Crippen molar-refractivity contribution in [2.45, 2.75) is 19.4 Å². The van der Waals surface area contributed by atoms with E-state index in [-0.39, 0.29) is 12.5 Å². The molecule has 0 radical (unpaired) electrons. The highest BCUT2D eigenvalue weighted by atomic mass is 19.1. The van der Waals surface area contributed by atoms with Crippen LogP contribution in [0.5, 0.6) is 0 Å². The minimum absolute atomic E-state index is 0.0843. The van der Waals surface area contributed by atoms with E-state index in [0.29, 0.717) is 11.1 Å². The highest BCUT2D eigenvalue weighted by molar-refractivity contribution is 5.87. The molecule has 1 atom stereocenters. The number of hydrogen-bond donors (Lipinski definition) is 2. The van der Waals surface area contributed by atoms with E-state index < -0.39 is 17.8 Å². The van der Waals surface area contributed by atoms with Crippen LogP contribution in [0.15, 0.2) is 42.5 Å². The average molecular weight is 342 g/mol. The van der Waals surface area contributed by atoms with E-state index in [1.54, 1.807) is 6.92 Å². The number of benzene rings is 2. The number of carbonyl (C=O) groups is 2. The van der Waals surface area contributed by atoms with Crippen molar-refractivity contribution in [1.29, 1.82) is 0 Å². The summed E-state index contributed by atoms with van der Waals surface area (Å²) in [7, 11) is 0. The van der Waals surface area contributed by atoms with Crippen LogP contribution in [0.4, 0.5) is 10.1 Å². The van der Waals surface area contributed by atoms with E-state index in [0.717, 1.165) is 18.7 Å². The maximum absolute atomic E-state index is 13.4. The highest BCUT2D eigenvalue weighted by Gasteiger charge is 2.25. The second-order valence-corrected chi connectivity index (χ2v) is 6.15. The summed E-state index contributed by atoms with van der Waals surface area (Å²) in [5.74, 6) is -1.97. The van der Waals surface area contributed by atoms with Gasteiger partial charge in [-0.25, -0.2) is 9.18 Å². The van der Waals surface area contributed by atoms with E-state index in [1.165, 1.54) is 23.8 Å². The molecule has 1 aliphatic heterocycles. The molecule has 6 heteroatoms. The Labute approximate surface area is 145 Å². The average Bonchev–Trinajstić information content (AvgIpc) is 2.98. The molecule has 2 N–H and O–H groups in total. The van der Waals surface area contributed by atoms with E-state index in [4.69, 9.17) is 0 Å². The third kappa shape index (κ3) is 3.63. The highest BCUT2D eigenvalue weighted by Crippen LogP contribution is 2.27. The molecule has 0 aliphatic carbocycles. The Bertz CT molecular complexity index is 822. The van der Waals surface area contributed by atoms with Gasteiger partial charge in [0.25, 0.3) is 0 Å². The molecule has 25 heavy (non-hydrogen) atoms. The van der Waals surface area contributed by atoms with Crippen LogP contribution in [0.1, 0.15) is 22.7 Å². The summed E-state index contributed by atoms with van der Waals surface area (Å²) < 4.78 is 13.4. The van der Waals surface area contributed by atoms with Crippen molar-refractivity contribution in [3.8, 4) is 0 Å². The van der Waals surface area contributed by atoms with Crippen LogP contribution in [0.2, 0.25) is 0 Å². The molecule has 3 rings (SSSR count). The molecule has 0 spiro atoms. The summed E-state index contributed by atoms with van der Waals surface area (Å²) in [5.41, 5.74) is 2.87. The number of rotatable bonds is 5. The van der Waals surface area contributed by atoms with E-state index in [9.17, 15) is 19.1 Å². The molecule has 1 heterocycles. The zero-order valence-corrected chi connectivity index (χ0v) is 13.8. The molecule has 130 valence electrons. The number of nitrogens with zero attached hydrogens (tertiary/aromatic N) is 1. The van der Waals surface area contributed by atoms with Gasteiger partial charge in [0.05, 0.1) is 6.54 Å². The number of aryl methyl sites for hydroxylation is 1. The lowest BCUT2D eigenvalue weighted by Gasteiger charge is -2.21. The Kier molecular flexibility index (Phi) is 4.70. The van der Waals surface area contributed by atoms with Crippen molar-refractivity contribution in [3.05, 3.63) is 65.0 Å². The SMILES string of the molecule is Cc1cc(C(NC(=O)CN2CCc3ccccc32)C(=O)O)ccc1F. The number of para-hydroxylation sites is 1. The standard InChI is InChI=1S/C19H19FN2O3/c1-12-10-14(6-7-15(12)20)18(19(24)25)21-17(23)11-22-9-8-13-4-2-3-5-16(13)22/h2-7,10,18H,8-9,11H2,1H3,(H,21,23)(H,24,25). The number of carbonyl (C=O) groups excluding carboxylic acids is 1. The number of nitrogens with one attached hydrogen (secondary N) is 1. The number of halogens is 1. The van der Waals surface area contributed by atoms with Gasteiger partial charge in [0.15, 0.2) is 6.04 Å². The molecule has 2 aromatic rings. The van der Waals surface area contributed by atoms with Gasteiger partial charge in [0.2, 0.25) is 5.91 Å². The van der Waals surface area contributed by atoms with Crippen molar-refractivity contribution in [1.82, 2.24) is 5.32 Å². The Morgan fingerprint density at radius 1 is 1.28 bits per heavy atom. The maximum atomic E-state index is 13.4. The van der Waals surface area contributed by atoms with Crippen LogP contribution in [-0.4, -0.2) is 30.1 Å². The Balaban J connectivity index is 1.72. The zero-order chi connectivity index (χ0) is 18.0. The second-order valence-electron chi connectivity index (χ2n) is 6.15. The fourth-order valence-electron chi connectivity index (χ4n) is 3.09. The van der Waals surface area contributed by atoms with Gasteiger partial charge in [-0.05, 0) is 42.2 Å². The van der Waals surface area contributed by atoms with E-state index >= 15 is 0 Å². The molecule has 0 saturated carbocycles. The number of anilines is 1. The number of fused-ring (bicyclic) bond motifs is 1. The van der Waals surface area contributed by atoms with Gasteiger partial charge < -0.3 is 15.3 Å². The first-order valence-electron chi connectivity index (χ1n) is 8.07. The maximum Gasteiger partial charge on any atom is 0.330 e. The molecular weight excluding hydrogens is 323 g/mol. The van der Waals surface area contributed by atoms with Gasteiger partial charge in [0.1, 0.15) is 5.82 Å². The third-order valence-electron chi connectivity index (χ3n) is 4.39. The molecule has 0 bridgehead atoms. The second kappa shape index (κ2) is 6.93. The summed E-state index contributed by atoms with van der Waals surface area (Å²) in [4.78, 5) is 25.8. The van der Waals surface area contributed by atoms with Crippen LogP contribution in [0.3, 0.4) is 0 Å². The molecule has 0 aromatic heterocycles. The smallest absolute Gasteiger partial charge is 0.330 e. The van der Waals surface area contributed by atoms with Gasteiger partial charge >= 0.3 is 5.97 Å². The van der Waals surface area contributed by atoms with Crippen LogP contribution in [-0.2, 0) is 16.0 Å². The lowest BCUT2D eigenvalue weighted by Crippen LogP contribution is -2.40. The van der Waals surface area contributed by atoms with Gasteiger partial charge in [-0.1, -0.05) is 30.3 Å². The molecule has 1 unspecified atom stereocenters. The first-order chi connectivity index (χ1) is 12.0. The van der Waals surface area contributed by atoms with Crippen LogP contribution >= 0.6 is 0 Å². The van der Waals surface area contributed by atoms with Crippen molar-refractivity contribution in [3.63, 3.8) is 0 Å². The van der Waals surface area contributed by atoms with E-state index in [1.807, 2.05) is 29.2 Å². The largest absolute Gasteiger partial charge is 0.479 e. The first kappa shape index (κ1) is 17.0. The Morgan fingerprint density at radius 2 is 2.04 bits per heavy atom. The fraction of sp³-hybridized carbons (Fsp3) is 0.263. The van der Waals surface area contributed by atoms with Gasteiger partial charge in [-0.2, -0.15) is 0 Å². The number of carboxylic acids is 1. The number of amides is 1. The van der Waals surface area contributed by atoms with Crippen molar-refractivity contribution in [2.75, 3.05) is 18.0 Å². The minimum Gasteiger partial charge on any atom is -0.479 e. The summed E-state index contributed by atoms with van der Waals surface area (Å²) >= 11 is 0. The lowest BCUT2D eigenvalue weighted by atomic mass is 10.0. The summed E-state index contributed by atoms with van der Waals surface area (Å²) in [5, 5.41) is 12.0. The molecule has 1 amide bonds. The van der Waals surface area contributed by atoms with Gasteiger partial charge in [0, 0.05) is 12.2 Å². The Hall–Kier alpha value is -2.89. The molecule has 1 aliphatic rings. The molecule has 0 saturated heterocycles. The van der Waals surface area contributed by atoms with Crippen LogP contribution in [0.25, 0.3) is 0 Å². The summed E-state index contributed by atoms with van der Waals surface area (Å²) in [6.45, 7) is 2.36. The van der Waals surface area contributed by atoms with Crippen molar-refractivity contribution >= 4 is 17.6 Å². The summed E-state index contributed by atoms with van der Waals surface area (Å²) in [6, 6.07) is 10.7. The quantitative estimate of drug-likeness (QED) is 0.876. The van der Waals surface area contributed by atoms with Crippen molar-refractivity contribution < 1.29 is 19.1 Å². The topological polar surface area (TPSA) is 69.6 Å². The normalized spacial score (nSPS) is 14.1. The monoisotopic (exact) mass is 342 g/mol. The number of hydrogen-bond acceptors (Lipinski definition) is 3. The van der Waals surface area contributed by atoms with Gasteiger partial charge in [-0.3, -0.25) is 4.79 Å².